The molecule has 0 amide bonds. The standard InChI is InChI=1S/C24H25F5/c1-3-5-14-7-9-15(10-8-14)20(25)23(28)18-12-11-16-13-17(6-4-2)21(26)24(29)19(16)22(18)27/h4,6,11-15H,3,5,7-10H2,1-2H3/b6-4+,23-20?. The Hall–Kier alpha value is -2.17. The maximum absolute atomic E-state index is 14.9. The Labute approximate surface area is 168 Å². The molecule has 1 aliphatic rings. The molecule has 1 aliphatic carbocycles. The van der Waals surface area contributed by atoms with Gasteiger partial charge in [-0.3, -0.25) is 0 Å². The van der Waals surface area contributed by atoms with Crippen LogP contribution >= 0.6 is 0 Å². The van der Waals surface area contributed by atoms with E-state index in [1.54, 1.807) is 6.92 Å². The average molecular weight is 408 g/mol. The van der Waals surface area contributed by atoms with Crippen LogP contribution in [0.15, 0.2) is 30.1 Å². The molecule has 0 N–H and O–H groups in total. The first-order valence-electron chi connectivity index (χ1n) is 10.2. The highest BCUT2D eigenvalue weighted by molar-refractivity contribution is 5.89. The van der Waals surface area contributed by atoms with E-state index in [0.29, 0.717) is 18.8 Å². The van der Waals surface area contributed by atoms with Crippen LogP contribution in [0.2, 0.25) is 0 Å². The van der Waals surface area contributed by atoms with Gasteiger partial charge in [0, 0.05) is 17.0 Å². The van der Waals surface area contributed by atoms with Crippen LogP contribution in [-0.2, 0) is 0 Å². The van der Waals surface area contributed by atoms with Crippen LogP contribution in [0.1, 0.15) is 63.5 Å². The summed E-state index contributed by atoms with van der Waals surface area (Å²) in [6.07, 6.45) is 7.66. The van der Waals surface area contributed by atoms with E-state index in [9.17, 15) is 22.0 Å². The van der Waals surface area contributed by atoms with Crippen LogP contribution in [0.4, 0.5) is 22.0 Å². The van der Waals surface area contributed by atoms with Gasteiger partial charge in [0.25, 0.3) is 0 Å². The lowest BCUT2D eigenvalue weighted by atomic mass is 9.79. The van der Waals surface area contributed by atoms with Crippen molar-refractivity contribution in [2.45, 2.75) is 52.4 Å². The molecule has 0 aromatic heterocycles. The minimum Gasteiger partial charge on any atom is -0.208 e. The lowest BCUT2D eigenvalue weighted by Gasteiger charge is -2.27. The van der Waals surface area contributed by atoms with Crippen molar-refractivity contribution in [1.29, 1.82) is 0 Å². The van der Waals surface area contributed by atoms with Gasteiger partial charge >= 0.3 is 0 Å². The summed E-state index contributed by atoms with van der Waals surface area (Å²) in [6.45, 7) is 3.74. The van der Waals surface area contributed by atoms with Gasteiger partial charge in [-0.2, -0.15) is 0 Å². The minimum absolute atomic E-state index is 0.0318. The van der Waals surface area contributed by atoms with Crippen molar-refractivity contribution >= 4 is 22.7 Å². The van der Waals surface area contributed by atoms with Crippen LogP contribution in [-0.4, -0.2) is 0 Å². The molecule has 0 spiro atoms. The van der Waals surface area contributed by atoms with Crippen molar-refractivity contribution in [3.8, 4) is 0 Å². The second kappa shape index (κ2) is 9.10. The third-order valence-electron chi connectivity index (χ3n) is 5.85. The average Bonchev–Trinajstić information content (AvgIpc) is 2.72. The van der Waals surface area contributed by atoms with Crippen LogP contribution < -0.4 is 0 Å². The van der Waals surface area contributed by atoms with Crippen molar-refractivity contribution in [1.82, 2.24) is 0 Å². The third-order valence-corrected chi connectivity index (χ3v) is 5.85. The molecule has 156 valence electrons. The number of rotatable bonds is 5. The van der Waals surface area contributed by atoms with E-state index in [1.807, 2.05) is 0 Å². The van der Waals surface area contributed by atoms with E-state index in [2.05, 4.69) is 6.92 Å². The molecule has 2 aromatic carbocycles. The van der Waals surface area contributed by atoms with E-state index in [0.717, 1.165) is 31.7 Å². The predicted molar refractivity (Wildman–Crippen MR) is 108 cm³/mol. The summed E-state index contributed by atoms with van der Waals surface area (Å²) in [7, 11) is 0. The quantitative estimate of drug-likeness (QED) is 0.435. The number of hydrogen-bond acceptors (Lipinski definition) is 0. The molecule has 0 nitrogen and oxygen atoms in total. The largest absolute Gasteiger partial charge is 0.208 e. The topological polar surface area (TPSA) is 0 Å². The highest BCUT2D eigenvalue weighted by atomic mass is 19.2. The van der Waals surface area contributed by atoms with Crippen LogP contribution in [0.25, 0.3) is 22.7 Å². The fraction of sp³-hybridized carbons (Fsp3) is 0.417. The molecule has 1 saturated carbocycles. The Morgan fingerprint density at radius 2 is 1.69 bits per heavy atom. The first-order chi connectivity index (χ1) is 13.9. The number of halogens is 5. The zero-order valence-electron chi connectivity index (χ0n) is 16.7. The molecule has 0 atom stereocenters. The Kier molecular flexibility index (Phi) is 6.76. The maximum atomic E-state index is 14.9. The van der Waals surface area contributed by atoms with E-state index >= 15 is 0 Å². The molecule has 0 saturated heterocycles. The molecule has 0 unspecified atom stereocenters. The van der Waals surface area contributed by atoms with E-state index in [1.165, 1.54) is 24.3 Å². The van der Waals surface area contributed by atoms with E-state index in [4.69, 9.17) is 0 Å². The monoisotopic (exact) mass is 408 g/mol. The molecule has 0 aliphatic heterocycles. The van der Waals surface area contributed by atoms with Crippen molar-refractivity contribution in [2.24, 2.45) is 11.8 Å². The number of hydrogen-bond donors (Lipinski definition) is 0. The summed E-state index contributed by atoms with van der Waals surface area (Å²) in [5, 5.41) is -0.575. The number of benzene rings is 2. The third kappa shape index (κ3) is 4.24. The summed E-state index contributed by atoms with van der Waals surface area (Å²) in [6, 6.07) is 3.66. The normalized spacial score (nSPS) is 21.1. The molecule has 0 heterocycles. The second-order valence-corrected chi connectivity index (χ2v) is 7.79. The van der Waals surface area contributed by atoms with Crippen LogP contribution in [0.5, 0.6) is 0 Å². The van der Waals surface area contributed by atoms with Gasteiger partial charge in [-0.25, -0.2) is 22.0 Å². The molecule has 5 heteroatoms. The van der Waals surface area contributed by atoms with Crippen molar-refractivity contribution in [2.75, 3.05) is 0 Å². The van der Waals surface area contributed by atoms with Crippen molar-refractivity contribution in [3.05, 3.63) is 58.7 Å². The highest BCUT2D eigenvalue weighted by Crippen LogP contribution is 2.40. The van der Waals surface area contributed by atoms with Crippen molar-refractivity contribution < 1.29 is 22.0 Å². The van der Waals surface area contributed by atoms with Gasteiger partial charge in [0.1, 0.15) is 11.6 Å². The fourth-order valence-corrected chi connectivity index (χ4v) is 4.29. The first kappa shape index (κ1) is 21.5. The molecular weight excluding hydrogens is 383 g/mol. The summed E-state index contributed by atoms with van der Waals surface area (Å²) >= 11 is 0. The zero-order valence-corrected chi connectivity index (χ0v) is 16.7. The first-order valence-corrected chi connectivity index (χ1v) is 10.2. The van der Waals surface area contributed by atoms with Gasteiger partial charge in [-0.15, -0.1) is 0 Å². The van der Waals surface area contributed by atoms with Crippen LogP contribution in [0.3, 0.4) is 0 Å². The summed E-state index contributed by atoms with van der Waals surface area (Å²) in [5.74, 6) is -6.29. The van der Waals surface area contributed by atoms with Crippen LogP contribution in [0, 0.1) is 29.3 Å². The van der Waals surface area contributed by atoms with E-state index in [-0.39, 0.29) is 10.9 Å². The summed E-state index contributed by atoms with van der Waals surface area (Å²) < 4.78 is 73.2. The number of allylic oxidation sites excluding steroid dienone is 2. The zero-order chi connectivity index (χ0) is 21.1. The molecule has 1 fully saturated rings. The molecular formula is C24H25F5. The molecule has 2 aromatic rings. The Balaban J connectivity index is 1.99. The minimum atomic E-state index is -1.40. The molecule has 0 radical (unpaired) electrons. The lowest BCUT2D eigenvalue weighted by molar-refractivity contribution is 0.261. The lowest BCUT2D eigenvalue weighted by Crippen LogP contribution is -2.15. The van der Waals surface area contributed by atoms with Gasteiger partial charge in [0.2, 0.25) is 0 Å². The molecule has 0 bridgehead atoms. The summed E-state index contributed by atoms with van der Waals surface area (Å²) in [5.41, 5.74) is -0.696. The smallest absolute Gasteiger partial charge is 0.170 e. The van der Waals surface area contributed by atoms with E-state index < -0.39 is 46.0 Å². The highest BCUT2D eigenvalue weighted by Gasteiger charge is 2.28. The second-order valence-electron chi connectivity index (χ2n) is 7.79. The Morgan fingerprint density at radius 1 is 1.00 bits per heavy atom. The fourth-order valence-electron chi connectivity index (χ4n) is 4.29. The van der Waals surface area contributed by atoms with Gasteiger partial charge in [0.15, 0.2) is 17.5 Å². The number of fused-ring (bicyclic) bond motifs is 1. The van der Waals surface area contributed by atoms with Gasteiger partial charge in [0.05, 0.1) is 5.39 Å². The maximum Gasteiger partial charge on any atom is 0.170 e. The molecule has 29 heavy (non-hydrogen) atoms. The summed E-state index contributed by atoms with van der Waals surface area (Å²) in [4.78, 5) is 0. The Bertz CT molecular complexity index is 950. The van der Waals surface area contributed by atoms with Gasteiger partial charge in [-0.1, -0.05) is 38.0 Å². The van der Waals surface area contributed by atoms with Crippen molar-refractivity contribution in [3.63, 3.8) is 0 Å². The van der Waals surface area contributed by atoms with Gasteiger partial charge < -0.3 is 0 Å². The molecule has 3 rings (SSSR count). The Morgan fingerprint density at radius 3 is 2.31 bits per heavy atom. The van der Waals surface area contributed by atoms with Gasteiger partial charge in [-0.05, 0) is 56.0 Å². The SMILES string of the molecule is C/C=C/c1cc2ccc(C(F)=C(F)C3CCC(CCC)CC3)c(F)c2c(F)c1F. The predicted octanol–water partition coefficient (Wildman–Crippen LogP) is 8.50.